The van der Waals surface area contributed by atoms with Crippen molar-refractivity contribution in [3.05, 3.63) is 35.2 Å². The summed E-state index contributed by atoms with van der Waals surface area (Å²) in [5, 5.41) is 4.25. The van der Waals surface area contributed by atoms with Gasteiger partial charge in [-0.05, 0) is 13.8 Å². The van der Waals surface area contributed by atoms with E-state index in [0.717, 1.165) is 17.4 Å². The molecular formula is C12H14N2S. The van der Waals surface area contributed by atoms with Gasteiger partial charge >= 0.3 is 0 Å². The summed E-state index contributed by atoms with van der Waals surface area (Å²) in [7, 11) is 0. The molecule has 0 aliphatic rings. The molecule has 2 rings (SSSR count). The van der Waals surface area contributed by atoms with E-state index >= 15 is 0 Å². The molecule has 0 atom stereocenters. The third-order valence-corrected chi connectivity index (χ3v) is 3.10. The Balaban J connectivity index is 2.36. The van der Waals surface area contributed by atoms with E-state index in [9.17, 15) is 0 Å². The van der Waals surface area contributed by atoms with Crippen LogP contribution in [-0.2, 0) is 0 Å². The highest BCUT2D eigenvalue weighted by molar-refractivity contribution is 7.16. The largest absolute Gasteiger partial charge is 0.362 e. The zero-order valence-electron chi connectivity index (χ0n) is 8.95. The predicted octanol–water partition coefficient (Wildman–Crippen LogP) is 3.55. The van der Waals surface area contributed by atoms with Crippen molar-refractivity contribution in [2.45, 2.75) is 13.8 Å². The van der Waals surface area contributed by atoms with Crippen LogP contribution in [0.5, 0.6) is 0 Å². The Morgan fingerprint density at radius 2 is 2.00 bits per heavy atom. The van der Waals surface area contributed by atoms with Crippen molar-refractivity contribution < 1.29 is 0 Å². The maximum Gasteiger partial charge on any atom is 0.183 e. The molecule has 1 N–H and O–H groups in total. The Hall–Kier alpha value is -1.35. The molecule has 0 saturated carbocycles. The molecule has 78 valence electrons. The average Bonchev–Trinajstić information content (AvgIpc) is 2.61. The Morgan fingerprint density at radius 1 is 1.27 bits per heavy atom. The molecular weight excluding hydrogens is 204 g/mol. The van der Waals surface area contributed by atoms with Gasteiger partial charge in [0.25, 0.3) is 0 Å². The number of hydrogen-bond donors (Lipinski definition) is 1. The number of nitrogens with zero attached hydrogens (tertiary/aromatic N) is 1. The van der Waals surface area contributed by atoms with Crippen LogP contribution in [0.2, 0.25) is 0 Å². The molecule has 0 aliphatic heterocycles. The third kappa shape index (κ3) is 2.18. The molecule has 2 aromatic rings. The van der Waals surface area contributed by atoms with Crippen LogP contribution in [0.15, 0.2) is 30.3 Å². The molecule has 1 heterocycles. The standard InChI is InChI=1S/C12H14N2S/c1-3-13-12-14-11(9(2)15-12)10-7-5-4-6-8-10/h4-8H,3H2,1-2H3,(H,13,14). The monoisotopic (exact) mass is 218 g/mol. The number of rotatable bonds is 3. The van der Waals surface area contributed by atoms with E-state index in [-0.39, 0.29) is 0 Å². The molecule has 2 nitrogen and oxygen atoms in total. The molecule has 0 aliphatic carbocycles. The average molecular weight is 218 g/mol. The van der Waals surface area contributed by atoms with E-state index in [0.29, 0.717) is 0 Å². The number of aryl methyl sites for hydroxylation is 1. The molecule has 0 fully saturated rings. The normalized spacial score (nSPS) is 10.3. The van der Waals surface area contributed by atoms with Gasteiger partial charge in [0.1, 0.15) is 0 Å². The second-order valence-corrected chi connectivity index (χ2v) is 4.52. The maximum atomic E-state index is 4.58. The fraction of sp³-hybridized carbons (Fsp3) is 0.250. The minimum Gasteiger partial charge on any atom is -0.362 e. The first-order valence-corrected chi connectivity index (χ1v) is 5.89. The van der Waals surface area contributed by atoms with Gasteiger partial charge in [-0.25, -0.2) is 4.98 Å². The number of thiazole rings is 1. The van der Waals surface area contributed by atoms with E-state index in [1.54, 1.807) is 11.3 Å². The van der Waals surface area contributed by atoms with E-state index in [1.165, 1.54) is 10.4 Å². The highest BCUT2D eigenvalue weighted by Crippen LogP contribution is 2.29. The Morgan fingerprint density at radius 3 is 2.67 bits per heavy atom. The molecule has 0 spiro atoms. The number of benzene rings is 1. The second kappa shape index (κ2) is 4.45. The quantitative estimate of drug-likeness (QED) is 0.852. The molecule has 15 heavy (non-hydrogen) atoms. The number of hydrogen-bond acceptors (Lipinski definition) is 3. The van der Waals surface area contributed by atoms with Crippen LogP contribution in [0.3, 0.4) is 0 Å². The van der Waals surface area contributed by atoms with Gasteiger partial charge in [0.15, 0.2) is 5.13 Å². The van der Waals surface area contributed by atoms with Crippen molar-refractivity contribution in [3.63, 3.8) is 0 Å². The van der Waals surface area contributed by atoms with Gasteiger partial charge in [0, 0.05) is 17.0 Å². The van der Waals surface area contributed by atoms with Crippen LogP contribution < -0.4 is 5.32 Å². The summed E-state index contributed by atoms with van der Waals surface area (Å²) in [6.45, 7) is 5.11. The third-order valence-electron chi connectivity index (χ3n) is 2.17. The van der Waals surface area contributed by atoms with Gasteiger partial charge in [-0.15, -0.1) is 11.3 Å². The first kappa shape index (κ1) is 10.2. The van der Waals surface area contributed by atoms with Crippen LogP contribution in [-0.4, -0.2) is 11.5 Å². The summed E-state index contributed by atoms with van der Waals surface area (Å²) in [5.74, 6) is 0. The zero-order chi connectivity index (χ0) is 10.7. The molecule has 3 heteroatoms. The number of nitrogens with one attached hydrogen (secondary N) is 1. The molecule has 0 saturated heterocycles. The lowest BCUT2D eigenvalue weighted by Gasteiger charge is -1.97. The highest BCUT2D eigenvalue weighted by Gasteiger charge is 2.08. The lowest BCUT2D eigenvalue weighted by atomic mass is 10.1. The van der Waals surface area contributed by atoms with Crippen LogP contribution in [0.1, 0.15) is 11.8 Å². The summed E-state index contributed by atoms with van der Waals surface area (Å²) in [6, 6.07) is 10.3. The van der Waals surface area contributed by atoms with E-state index in [2.05, 4.69) is 36.3 Å². The summed E-state index contributed by atoms with van der Waals surface area (Å²) in [6.07, 6.45) is 0. The summed E-state index contributed by atoms with van der Waals surface area (Å²) in [4.78, 5) is 5.84. The molecule has 1 aromatic heterocycles. The Labute approximate surface area is 94.0 Å². The Bertz CT molecular complexity index is 434. The van der Waals surface area contributed by atoms with E-state index < -0.39 is 0 Å². The van der Waals surface area contributed by atoms with Gasteiger partial charge in [-0.3, -0.25) is 0 Å². The second-order valence-electron chi connectivity index (χ2n) is 3.32. The van der Waals surface area contributed by atoms with Crippen LogP contribution in [0.4, 0.5) is 5.13 Å². The van der Waals surface area contributed by atoms with Gasteiger partial charge in [0.2, 0.25) is 0 Å². The van der Waals surface area contributed by atoms with Crippen molar-refractivity contribution in [1.29, 1.82) is 0 Å². The van der Waals surface area contributed by atoms with Crippen molar-refractivity contribution >= 4 is 16.5 Å². The summed E-state index contributed by atoms with van der Waals surface area (Å²) >= 11 is 1.71. The lowest BCUT2D eigenvalue weighted by Crippen LogP contribution is -1.94. The molecule has 1 aromatic carbocycles. The Kier molecular flexibility index (Phi) is 3.02. The fourth-order valence-corrected chi connectivity index (χ4v) is 2.39. The predicted molar refractivity (Wildman–Crippen MR) is 66.5 cm³/mol. The van der Waals surface area contributed by atoms with Gasteiger partial charge in [-0.2, -0.15) is 0 Å². The smallest absolute Gasteiger partial charge is 0.183 e. The fourth-order valence-electron chi connectivity index (χ4n) is 1.49. The van der Waals surface area contributed by atoms with Crippen molar-refractivity contribution in [1.82, 2.24) is 4.98 Å². The van der Waals surface area contributed by atoms with Gasteiger partial charge in [-0.1, -0.05) is 30.3 Å². The minimum atomic E-state index is 0.918. The topological polar surface area (TPSA) is 24.9 Å². The molecule has 0 amide bonds. The highest BCUT2D eigenvalue weighted by atomic mass is 32.1. The lowest BCUT2D eigenvalue weighted by molar-refractivity contribution is 1.19. The number of aromatic nitrogens is 1. The molecule has 0 radical (unpaired) electrons. The van der Waals surface area contributed by atoms with Crippen LogP contribution in [0, 0.1) is 6.92 Å². The number of anilines is 1. The van der Waals surface area contributed by atoms with Crippen LogP contribution in [0.25, 0.3) is 11.3 Å². The van der Waals surface area contributed by atoms with Crippen molar-refractivity contribution in [3.8, 4) is 11.3 Å². The molecule has 0 unspecified atom stereocenters. The van der Waals surface area contributed by atoms with Gasteiger partial charge in [0.05, 0.1) is 5.69 Å². The van der Waals surface area contributed by atoms with Crippen molar-refractivity contribution in [2.75, 3.05) is 11.9 Å². The van der Waals surface area contributed by atoms with E-state index in [1.807, 2.05) is 18.2 Å². The zero-order valence-corrected chi connectivity index (χ0v) is 9.77. The molecule has 0 bridgehead atoms. The summed E-state index contributed by atoms with van der Waals surface area (Å²) < 4.78 is 0. The van der Waals surface area contributed by atoms with Crippen molar-refractivity contribution in [2.24, 2.45) is 0 Å². The first-order chi connectivity index (χ1) is 7.31. The maximum absolute atomic E-state index is 4.58. The first-order valence-electron chi connectivity index (χ1n) is 5.08. The minimum absolute atomic E-state index is 0.918. The van der Waals surface area contributed by atoms with Gasteiger partial charge < -0.3 is 5.32 Å². The van der Waals surface area contributed by atoms with Crippen LogP contribution >= 0.6 is 11.3 Å². The summed E-state index contributed by atoms with van der Waals surface area (Å²) in [5.41, 5.74) is 2.28. The SMILES string of the molecule is CCNc1nc(-c2ccccc2)c(C)s1. The van der Waals surface area contributed by atoms with E-state index in [4.69, 9.17) is 0 Å².